The van der Waals surface area contributed by atoms with Crippen LogP contribution < -0.4 is 16.8 Å². The molecule has 1 aliphatic rings. The highest BCUT2D eigenvalue weighted by Crippen LogP contribution is 2.27. The van der Waals surface area contributed by atoms with Gasteiger partial charge in [0.15, 0.2) is 0 Å². The highest BCUT2D eigenvalue weighted by molar-refractivity contribution is 5.99. The Morgan fingerprint density at radius 3 is 2.82 bits per heavy atom. The number of fused-ring (bicyclic) bond motifs is 1. The summed E-state index contributed by atoms with van der Waals surface area (Å²) in [7, 11) is 0. The predicted octanol–water partition coefficient (Wildman–Crippen LogP) is 1.31. The lowest BCUT2D eigenvalue weighted by Crippen LogP contribution is -2.19. The molecule has 0 spiro atoms. The number of nitrogens with two attached hydrogens (primary N) is 2. The van der Waals surface area contributed by atoms with Gasteiger partial charge in [-0.2, -0.15) is 0 Å². The zero-order chi connectivity index (χ0) is 12.4. The molecule has 2 rings (SSSR count). The van der Waals surface area contributed by atoms with Gasteiger partial charge in [-0.25, -0.2) is 0 Å². The van der Waals surface area contributed by atoms with E-state index in [1.165, 1.54) is 0 Å². The Kier molecular flexibility index (Phi) is 3.45. The lowest BCUT2D eigenvalue weighted by molar-refractivity contribution is -0.115. The molecule has 0 radical (unpaired) electrons. The topological polar surface area (TPSA) is 81.1 Å². The number of carbonyl (C=O) groups is 1. The van der Waals surface area contributed by atoms with Crippen molar-refractivity contribution in [2.45, 2.75) is 38.3 Å². The molecule has 1 amide bonds. The number of amides is 1. The van der Waals surface area contributed by atoms with Gasteiger partial charge in [0.05, 0.1) is 6.42 Å². The maximum atomic E-state index is 11.2. The number of hydrogen-bond acceptors (Lipinski definition) is 3. The van der Waals surface area contributed by atoms with Crippen LogP contribution in [0.1, 0.15) is 36.9 Å². The van der Waals surface area contributed by atoms with Gasteiger partial charge in [-0.15, -0.1) is 0 Å². The van der Waals surface area contributed by atoms with Gasteiger partial charge >= 0.3 is 0 Å². The van der Waals surface area contributed by atoms with Crippen molar-refractivity contribution in [3.8, 4) is 0 Å². The van der Waals surface area contributed by atoms with Crippen molar-refractivity contribution in [3.63, 3.8) is 0 Å². The van der Waals surface area contributed by atoms with Crippen LogP contribution in [0, 0.1) is 0 Å². The molecule has 4 heteroatoms. The Bertz CT molecular complexity index is 429. The van der Waals surface area contributed by atoms with E-state index < -0.39 is 0 Å². The average Bonchev–Trinajstić information content (AvgIpc) is 2.64. The van der Waals surface area contributed by atoms with Gasteiger partial charge in [-0.3, -0.25) is 4.79 Å². The number of benzene rings is 1. The van der Waals surface area contributed by atoms with E-state index in [4.69, 9.17) is 11.5 Å². The molecule has 4 nitrogen and oxygen atoms in total. The molecule has 0 aliphatic carbocycles. The van der Waals surface area contributed by atoms with Crippen LogP contribution in [-0.2, 0) is 11.2 Å². The summed E-state index contributed by atoms with van der Waals surface area (Å²) in [5.41, 5.74) is 14.9. The van der Waals surface area contributed by atoms with Gasteiger partial charge in [0, 0.05) is 17.8 Å². The van der Waals surface area contributed by atoms with E-state index in [-0.39, 0.29) is 18.0 Å². The van der Waals surface area contributed by atoms with Crippen LogP contribution in [0.25, 0.3) is 0 Å². The SMILES string of the molecule is CC(N)CCC(N)c1ccc2c(c1)CC(=O)N2. The van der Waals surface area contributed by atoms with Crippen molar-refractivity contribution >= 4 is 11.6 Å². The summed E-state index contributed by atoms with van der Waals surface area (Å²) in [5.74, 6) is 0.0568. The molecule has 1 aromatic carbocycles. The zero-order valence-corrected chi connectivity index (χ0v) is 10.1. The van der Waals surface area contributed by atoms with E-state index >= 15 is 0 Å². The van der Waals surface area contributed by atoms with Crippen LogP contribution in [0.2, 0.25) is 0 Å². The molecule has 5 N–H and O–H groups in total. The second-order valence-electron chi connectivity index (χ2n) is 4.80. The first-order chi connectivity index (χ1) is 8.06. The van der Waals surface area contributed by atoms with Crippen LogP contribution in [0.5, 0.6) is 0 Å². The molecule has 0 saturated carbocycles. The number of hydrogen-bond donors (Lipinski definition) is 3. The standard InChI is InChI=1S/C13H19N3O/c1-8(14)2-4-11(15)9-3-5-12-10(6-9)7-13(17)16-12/h3,5-6,8,11H,2,4,7,14-15H2,1H3,(H,16,17). The van der Waals surface area contributed by atoms with Crippen LogP contribution in [0.4, 0.5) is 5.69 Å². The van der Waals surface area contributed by atoms with Crippen LogP contribution in [-0.4, -0.2) is 11.9 Å². The third kappa shape index (κ3) is 2.84. The zero-order valence-electron chi connectivity index (χ0n) is 10.1. The van der Waals surface area contributed by atoms with Gasteiger partial charge in [0.2, 0.25) is 5.91 Å². The summed E-state index contributed by atoms with van der Waals surface area (Å²) < 4.78 is 0. The molecule has 1 aromatic rings. The highest BCUT2D eigenvalue weighted by Gasteiger charge is 2.18. The lowest BCUT2D eigenvalue weighted by atomic mass is 9.98. The molecule has 17 heavy (non-hydrogen) atoms. The Balaban J connectivity index is 2.07. The summed E-state index contributed by atoms with van der Waals surface area (Å²) in [5, 5.41) is 2.81. The average molecular weight is 233 g/mol. The summed E-state index contributed by atoms with van der Waals surface area (Å²) in [6.45, 7) is 1.98. The molecule has 0 aromatic heterocycles. The predicted molar refractivity (Wildman–Crippen MR) is 68.6 cm³/mol. The number of anilines is 1. The first-order valence-corrected chi connectivity index (χ1v) is 6.00. The van der Waals surface area contributed by atoms with Crippen LogP contribution >= 0.6 is 0 Å². The fraction of sp³-hybridized carbons (Fsp3) is 0.462. The molecule has 0 bridgehead atoms. The quantitative estimate of drug-likeness (QED) is 0.733. The third-order valence-electron chi connectivity index (χ3n) is 3.12. The second-order valence-corrected chi connectivity index (χ2v) is 4.80. The van der Waals surface area contributed by atoms with Gasteiger partial charge < -0.3 is 16.8 Å². The molecule has 92 valence electrons. The van der Waals surface area contributed by atoms with Crippen molar-refractivity contribution in [1.29, 1.82) is 0 Å². The van der Waals surface area contributed by atoms with Crippen molar-refractivity contribution in [2.75, 3.05) is 5.32 Å². The molecular weight excluding hydrogens is 214 g/mol. The van der Waals surface area contributed by atoms with E-state index in [9.17, 15) is 4.79 Å². The van der Waals surface area contributed by atoms with Crippen LogP contribution in [0.15, 0.2) is 18.2 Å². The Hall–Kier alpha value is -1.39. The minimum atomic E-state index is 0.00185. The second kappa shape index (κ2) is 4.85. The first-order valence-electron chi connectivity index (χ1n) is 6.00. The number of rotatable bonds is 4. The third-order valence-corrected chi connectivity index (χ3v) is 3.12. The van der Waals surface area contributed by atoms with Gasteiger partial charge in [-0.05, 0) is 37.0 Å². The van der Waals surface area contributed by atoms with Crippen LogP contribution in [0.3, 0.4) is 0 Å². The Morgan fingerprint density at radius 2 is 2.12 bits per heavy atom. The molecule has 1 aliphatic heterocycles. The van der Waals surface area contributed by atoms with Crippen molar-refractivity contribution < 1.29 is 4.79 Å². The maximum absolute atomic E-state index is 11.2. The normalized spacial score (nSPS) is 17.5. The Labute approximate surface area is 101 Å². The van der Waals surface area contributed by atoms with Crippen molar-refractivity contribution in [1.82, 2.24) is 0 Å². The van der Waals surface area contributed by atoms with Gasteiger partial charge in [-0.1, -0.05) is 12.1 Å². The minimum absolute atomic E-state index is 0.00185. The fourth-order valence-electron chi connectivity index (χ4n) is 2.09. The van der Waals surface area contributed by atoms with E-state index in [1.54, 1.807) is 0 Å². The Morgan fingerprint density at radius 1 is 1.35 bits per heavy atom. The minimum Gasteiger partial charge on any atom is -0.328 e. The van der Waals surface area contributed by atoms with E-state index in [0.717, 1.165) is 29.7 Å². The summed E-state index contributed by atoms with van der Waals surface area (Å²) >= 11 is 0. The molecule has 0 fully saturated rings. The largest absolute Gasteiger partial charge is 0.328 e. The lowest BCUT2D eigenvalue weighted by Gasteiger charge is -2.14. The van der Waals surface area contributed by atoms with E-state index in [1.807, 2.05) is 25.1 Å². The molecule has 0 saturated heterocycles. The molecule has 2 unspecified atom stereocenters. The van der Waals surface area contributed by atoms with Gasteiger partial charge in [0.1, 0.15) is 0 Å². The van der Waals surface area contributed by atoms with E-state index in [2.05, 4.69) is 5.32 Å². The number of carbonyl (C=O) groups excluding carboxylic acids is 1. The highest BCUT2D eigenvalue weighted by atomic mass is 16.1. The number of nitrogens with one attached hydrogen (secondary N) is 1. The smallest absolute Gasteiger partial charge is 0.228 e. The maximum Gasteiger partial charge on any atom is 0.228 e. The molecule has 1 heterocycles. The molecular formula is C13H19N3O. The fourth-order valence-corrected chi connectivity index (χ4v) is 2.09. The van der Waals surface area contributed by atoms with E-state index in [0.29, 0.717) is 6.42 Å². The summed E-state index contributed by atoms with van der Waals surface area (Å²) in [6, 6.07) is 6.12. The summed E-state index contributed by atoms with van der Waals surface area (Å²) in [6.07, 6.45) is 2.25. The van der Waals surface area contributed by atoms with Gasteiger partial charge in [0.25, 0.3) is 0 Å². The molecule has 2 atom stereocenters. The summed E-state index contributed by atoms with van der Waals surface area (Å²) in [4.78, 5) is 11.2. The first kappa shape index (κ1) is 12.1. The van der Waals surface area contributed by atoms with Crippen molar-refractivity contribution in [2.24, 2.45) is 11.5 Å². The van der Waals surface area contributed by atoms with Crippen molar-refractivity contribution in [3.05, 3.63) is 29.3 Å². The monoisotopic (exact) mass is 233 g/mol.